The Bertz CT molecular complexity index is 1270. The fourth-order valence-electron chi connectivity index (χ4n) is 3.67. The topological polar surface area (TPSA) is 74.6 Å². The molecule has 0 bridgehead atoms. The van der Waals surface area contributed by atoms with E-state index in [1.807, 2.05) is 79.7 Å². The Morgan fingerprint density at radius 3 is 2.50 bits per heavy atom. The second-order valence-electron chi connectivity index (χ2n) is 7.06. The van der Waals surface area contributed by atoms with Crippen LogP contribution in [0.2, 0.25) is 0 Å². The van der Waals surface area contributed by atoms with Crippen LogP contribution >= 0.6 is 0 Å². The van der Waals surface area contributed by atoms with Gasteiger partial charge in [0.1, 0.15) is 0 Å². The number of anilines is 1. The SMILES string of the molecule is C/C(=N/O)c1ccccc1-c1cccc(C)c1C(=O)Nc1cccc2cccnc12. The molecule has 0 aliphatic heterocycles. The highest BCUT2D eigenvalue weighted by atomic mass is 16.4. The fraction of sp³-hybridized carbons (Fsp3) is 0.0800. The minimum atomic E-state index is -0.213. The van der Waals surface area contributed by atoms with E-state index in [9.17, 15) is 10.0 Å². The van der Waals surface area contributed by atoms with Gasteiger partial charge in [-0.1, -0.05) is 65.8 Å². The van der Waals surface area contributed by atoms with Crippen LogP contribution in [0.1, 0.15) is 28.4 Å². The highest BCUT2D eigenvalue weighted by molar-refractivity contribution is 6.14. The van der Waals surface area contributed by atoms with Gasteiger partial charge in [-0.15, -0.1) is 0 Å². The molecule has 0 aliphatic rings. The predicted octanol–water partition coefficient (Wildman–Crippen LogP) is 5.66. The highest BCUT2D eigenvalue weighted by Gasteiger charge is 2.19. The average Bonchev–Trinajstić information content (AvgIpc) is 2.78. The molecule has 5 nitrogen and oxygen atoms in total. The van der Waals surface area contributed by atoms with Gasteiger partial charge in [-0.25, -0.2) is 0 Å². The molecule has 1 heterocycles. The maximum atomic E-state index is 13.4. The van der Waals surface area contributed by atoms with Crippen LogP contribution in [0.15, 0.2) is 84.1 Å². The zero-order valence-electron chi connectivity index (χ0n) is 16.8. The summed E-state index contributed by atoms with van der Waals surface area (Å²) in [5.41, 5.74) is 5.69. The highest BCUT2D eigenvalue weighted by Crippen LogP contribution is 2.31. The number of fused-ring (bicyclic) bond motifs is 1. The van der Waals surface area contributed by atoms with Gasteiger partial charge in [0, 0.05) is 17.1 Å². The molecule has 5 heteroatoms. The quantitative estimate of drug-likeness (QED) is 0.266. The summed E-state index contributed by atoms with van der Waals surface area (Å²) >= 11 is 0. The molecule has 0 aliphatic carbocycles. The average molecular weight is 395 g/mol. The number of para-hydroxylation sites is 1. The summed E-state index contributed by atoms with van der Waals surface area (Å²) in [4.78, 5) is 17.8. The summed E-state index contributed by atoms with van der Waals surface area (Å²) in [6.45, 7) is 3.64. The second kappa shape index (κ2) is 8.17. The van der Waals surface area contributed by atoms with E-state index >= 15 is 0 Å². The van der Waals surface area contributed by atoms with E-state index < -0.39 is 0 Å². The first-order chi connectivity index (χ1) is 14.6. The van der Waals surface area contributed by atoms with Gasteiger partial charge in [-0.2, -0.15) is 0 Å². The van der Waals surface area contributed by atoms with Crippen LogP contribution in [0.25, 0.3) is 22.0 Å². The Labute approximate surface area is 174 Å². The lowest BCUT2D eigenvalue weighted by molar-refractivity contribution is 0.102. The van der Waals surface area contributed by atoms with Gasteiger partial charge in [0.05, 0.1) is 22.5 Å². The smallest absolute Gasteiger partial charge is 0.256 e. The summed E-state index contributed by atoms with van der Waals surface area (Å²) in [6, 6.07) is 22.9. The summed E-state index contributed by atoms with van der Waals surface area (Å²) in [6.07, 6.45) is 1.71. The minimum absolute atomic E-state index is 0.213. The molecule has 30 heavy (non-hydrogen) atoms. The molecule has 2 N–H and O–H groups in total. The van der Waals surface area contributed by atoms with E-state index in [2.05, 4.69) is 15.5 Å². The van der Waals surface area contributed by atoms with E-state index in [4.69, 9.17) is 0 Å². The first-order valence-electron chi connectivity index (χ1n) is 9.63. The molecule has 0 atom stereocenters. The van der Waals surface area contributed by atoms with Crippen molar-refractivity contribution in [3.05, 3.63) is 95.7 Å². The Kier molecular flexibility index (Phi) is 5.26. The van der Waals surface area contributed by atoms with Crippen LogP contribution in [-0.2, 0) is 0 Å². The molecule has 1 aromatic heterocycles. The van der Waals surface area contributed by atoms with Crippen molar-refractivity contribution in [1.82, 2.24) is 4.98 Å². The Morgan fingerprint density at radius 1 is 0.933 bits per heavy atom. The molecular formula is C25H21N3O2. The molecule has 1 amide bonds. The monoisotopic (exact) mass is 395 g/mol. The van der Waals surface area contributed by atoms with Gasteiger partial charge in [0.25, 0.3) is 5.91 Å². The summed E-state index contributed by atoms with van der Waals surface area (Å²) in [7, 11) is 0. The van der Waals surface area contributed by atoms with E-state index in [1.165, 1.54) is 0 Å². The lowest BCUT2D eigenvalue weighted by Gasteiger charge is -2.16. The fourth-order valence-corrected chi connectivity index (χ4v) is 3.67. The number of benzene rings is 3. The van der Waals surface area contributed by atoms with Crippen LogP contribution in [0.5, 0.6) is 0 Å². The normalized spacial score (nSPS) is 11.5. The van der Waals surface area contributed by atoms with Gasteiger partial charge in [-0.05, 0) is 42.7 Å². The summed E-state index contributed by atoms with van der Waals surface area (Å²) in [5.74, 6) is -0.213. The van der Waals surface area contributed by atoms with Crippen molar-refractivity contribution in [1.29, 1.82) is 0 Å². The van der Waals surface area contributed by atoms with E-state index in [0.29, 0.717) is 17.0 Å². The molecule has 148 valence electrons. The maximum absolute atomic E-state index is 13.4. The second-order valence-corrected chi connectivity index (χ2v) is 7.06. The minimum Gasteiger partial charge on any atom is -0.411 e. The number of aromatic nitrogens is 1. The molecule has 0 saturated heterocycles. The number of nitrogens with one attached hydrogen (secondary N) is 1. The lowest BCUT2D eigenvalue weighted by Crippen LogP contribution is -2.15. The number of nitrogens with zero attached hydrogens (tertiary/aromatic N) is 2. The number of pyridine rings is 1. The van der Waals surface area contributed by atoms with Crippen LogP contribution < -0.4 is 5.32 Å². The zero-order valence-corrected chi connectivity index (χ0v) is 16.8. The number of oxime groups is 1. The first kappa shape index (κ1) is 19.3. The van der Waals surface area contributed by atoms with E-state index in [-0.39, 0.29) is 5.91 Å². The van der Waals surface area contributed by atoms with E-state index in [1.54, 1.807) is 13.1 Å². The van der Waals surface area contributed by atoms with Gasteiger partial charge in [-0.3, -0.25) is 9.78 Å². The first-order valence-corrected chi connectivity index (χ1v) is 9.63. The maximum Gasteiger partial charge on any atom is 0.256 e. The lowest BCUT2D eigenvalue weighted by atomic mass is 9.91. The van der Waals surface area contributed by atoms with Crippen molar-refractivity contribution in [2.24, 2.45) is 5.16 Å². The van der Waals surface area contributed by atoms with Crippen LogP contribution in [0, 0.1) is 6.92 Å². The molecule has 3 aromatic carbocycles. The Balaban J connectivity index is 1.82. The molecule has 0 radical (unpaired) electrons. The standard InChI is InChI=1S/C25H21N3O2/c1-16-8-5-13-21(20-12-4-3-11-19(20)17(2)28-30)23(16)25(29)27-22-14-6-9-18-10-7-15-26-24(18)22/h3-15,30H,1-2H3,(H,27,29)/b28-17-. The van der Waals surface area contributed by atoms with Gasteiger partial charge >= 0.3 is 0 Å². The van der Waals surface area contributed by atoms with E-state index in [0.717, 1.165) is 33.2 Å². The third kappa shape index (κ3) is 3.53. The third-order valence-electron chi connectivity index (χ3n) is 5.14. The zero-order chi connectivity index (χ0) is 21.1. The largest absolute Gasteiger partial charge is 0.411 e. The van der Waals surface area contributed by atoms with Crippen molar-refractivity contribution in [2.45, 2.75) is 13.8 Å². The van der Waals surface area contributed by atoms with Crippen molar-refractivity contribution in [2.75, 3.05) is 5.32 Å². The number of carbonyl (C=O) groups is 1. The Morgan fingerprint density at radius 2 is 1.67 bits per heavy atom. The molecule has 0 spiro atoms. The summed E-state index contributed by atoms with van der Waals surface area (Å²) in [5, 5.41) is 16.6. The molecule has 0 saturated carbocycles. The predicted molar refractivity (Wildman–Crippen MR) is 120 cm³/mol. The van der Waals surface area contributed by atoms with Crippen LogP contribution in [0.4, 0.5) is 5.69 Å². The van der Waals surface area contributed by atoms with Crippen molar-refractivity contribution >= 4 is 28.2 Å². The van der Waals surface area contributed by atoms with Gasteiger partial charge in [0.2, 0.25) is 0 Å². The molecule has 4 aromatic rings. The number of hydrogen-bond donors (Lipinski definition) is 2. The van der Waals surface area contributed by atoms with Crippen molar-refractivity contribution in [3.8, 4) is 11.1 Å². The van der Waals surface area contributed by atoms with Crippen LogP contribution in [-0.4, -0.2) is 21.8 Å². The Hall–Kier alpha value is -3.99. The molecular weight excluding hydrogens is 374 g/mol. The molecule has 0 fully saturated rings. The third-order valence-corrected chi connectivity index (χ3v) is 5.14. The van der Waals surface area contributed by atoms with Gasteiger partial charge in [0.15, 0.2) is 0 Å². The number of aryl methyl sites for hydroxylation is 1. The van der Waals surface area contributed by atoms with Gasteiger partial charge < -0.3 is 10.5 Å². The number of hydrogen-bond acceptors (Lipinski definition) is 4. The molecule has 4 rings (SSSR count). The molecule has 0 unspecified atom stereocenters. The summed E-state index contributed by atoms with van der Waals surface area (Å²) < 4.78 is 0. The van der Waals surface area contributed by atoms with Crippen molar-refractivity contribution < 1.29 is 10.0 Å². The number of amides is 1. The number of rotatable bonds is 4. The number of carbonyl (C=O) groups excluding carboxylic acids is 1. The van der Waals surface area contributed by atoms with Crippen molar-refractivity contribution in [3.63, 3.8) is 0 Å². The van der Waals surface area contributed by atoms with Crippen LogP contribution in [0.3, 0.4) is 0 Å².